The Morgan fingerprint density at radius 3 is 2.15 bits per heavy atom. The third-order valence-corrected chi connectivity index (χ3v) is 10.7. The third kappa shape index (κ3) is 5.82. The van der Waals surface area contributed by atoms with Gasteiger partial charge in [-0.1, -0.05) is 109 Å². The van der Waals surface area contributed by atoms with Gasteiger partial charge >= 0.3 is 20.1 Å². The Morgan fingerprint density at radius 2 is 1.48 bits per heavy atom. The van der Waals surface area contributed by atoms with E-state index in [1.165, 1.54) is 63.4 Å². The molecule has 0 N–H and O–H groups in total. The van der Waals surface area contributed by atoms with E-state index in [0.717, 1.165) is 11.3 Å². The Hall–Kier alpha value is -3.72. The molecular formula is C44H46IrN3. The number of para-hydroxylation sites is 1. The fourth-order valence-electron chi connectivity index (χ4n) is 7.49. The number of aromatic nitrogens is 1. The molecule has 246 valence electrons. The van der Waals surface area contributed by atoms with Crippen LogP contribution in [0.1, 0.15) is 102 Å². The summed E-state index contributed by atoms with van der Waals surface area (Å²) in [7, 11) is 0. The molecule has 0 fully saturated rings. The van der Waals surface area contributed by atoms with Crippen molar-refractivity contribution in [2.45, 2.75) is 90.4 Å². The van der Waals surface area contributed by atoms with Crippen LogP contribution in [0.2, 0.25) is 0 Å². The normalized spacial score (nSPS) is 17.4. The van der Waals surface area contributed by atoms with E-state index in [2.05, 4.69) is 138 Å². The summed E-state index contributed by atoms with van der Waals surface area (Å²) in [4.78, 5) is 8.99. The van der Waals surface area contributed by atoms with E-state index in [-0.39, 0.29) is 36.4 Å². The van der Waals surface area contributed by atoms with E-state index < -0.39 is 0 Å². The third-order valence-electron chi connectivity index (χ3n) is 10.7. The second-order valence-electron chi connectivity index (χ2n) is 15.5. The van der Waals surface area contributed by atoms with Gasteiger partial charge < -0.3 is 14.8 Å². The number of hydrogen-bond donors (Lipinski definition) is 0. The summed E-state index contributed by atoms with van der Waals surface area (Å²) in [5.74, 6) is 0.533. The van der Waals surface area contributed by atoms with Crippen molar-refractivity contribution in [1.82, 2.24) is 4.98 Å². The summed E-state index contributed by atoms with van der Waals surface area (Å²) in [6.45, 7) is 21.2. The first kappa shape index (κ1) is 34.2. The predicted octanol–water partition coefficient (Wildman–Crippen LogP) is 11.6. The van der Waals surface area contributed by atoms with Gasteiger partial charge in [0.15, 0.2) is 0 Å². The van der Waals surface area contributed by atoms with Crippen LogP contribution < -0.4 is 9.80 Å². The van der Waals surface area contributed by atoms with Crippen molar-refractivity contribution in [1.29, 1.82) is 0 Å². The van der Waals surface area contributed by atoms with Crippen LogP contribution in [0.25, 0.3) is 11.3 Å². The average Bonchev–Trinajstić information content (AvgIpc) is 3.47. The number of fused-ring (bicyclic) bond motifs is 3. The molecule has 3 nitrogen and oxygen atoms in total. The van der Waals surface area contributed by atoms with Gasteiger partial charge in [0.2, 0.25) is 0 Å². The first-order chi connectivity index (χ1) is 22.4. The monoisotopic (exact) mass is 809 g/mol. The maximum Gasteiger partial charge on any atom is 3.00 e. The Bertz CT molecular complexity index is 1870. The molecule has 0 atom stereocenters. The summed E-state index contributed by atoms with van der Waals surface area (Å²) in [5, 5.41) is 0. The van der Waals surface area contributed by atoms with E-state index in [1.54, 1.807) is 6.20 Å². The van der Waals surface area contributed by atoms with Crippen LogP contribution in [-0.4, -0.2) is 4.98 Å². The summed E-state index contributed by atoms with van der Waals surface area (Å²) >= 11 is 0. The Morgan fingerprint density at radius 1 is 0.750 bits per heavy atom. The SMILES string of the molecule is CC(C)c1ccc(N2[CH-]N3c4[c-]c5c(cc4C(C)(C)c4cccc2c43)C(C)(C)CCC5(C)C)cc1.[Ir+3].[c-]1ccccc1-c1ccccn1. The molecule has 2 aliphatic heterocycles. The summed E-state index contributed by atoms with van der Waals surface area (Å²) < 4.78 is 0. The standard InChI is InChI=1S/C33H38N2.C11H8N.Ir/c1-21(2)22-12-14-23(15-13-22)34-20-35-29-19-26-25(31(3,4)16-17-32(26,5)6)18-27(29)33(7,8)24-10-9-11-28(34)30(24)35;1-2-6-10(7-3-1)11-8-4-5-9-12-11;/h9-15,18,20-21H,16-17H2,1-8H3;1-6,8-9H;/q-2;-1;+3. The quantitative estimate of drug-likeness (QED) is 0.169. The molecule has 0 spiro atoms. The summed E-state index contributed by atoms with van der Waals surface area (Å²) in [5.41, 5.74) is 14.3. The van der Waals surface area contributed by atoms with Crippen LogP contribution in [-0.2, 0) is 36.4 Å². The van der Waals surface area contributed by atoms with Crippen molar-refractivity contribution >= 4 is 22.7 Å². The van der Waals surface area contributed by atoms with Crippen molar-refractivity contribution in [3.8, 4) is 11.3 Å². The average molecular weight is 809 g/mol. The van der Waals surface area contributed by atoms with Gasteiger partial charge in [-0.25, -0.2) is 0 Å². The van der Waals surface area contributed by atoms with Crippen LogP contribution in [0.3, 0.4) is 0 Å². The number of pyridine rings is 1. The molecule has 1 aromatic heterocycles. The van der Waals surface area contributed by atoms with E-state index >= 15 is 0 Å². The zero-order valence-electron chi connectivity index (χ0n) is 29.5. The molecule has 0 unspecified atom stereocenters. The molecule has 4 aromatic carbocycles. The minimum Gasteiger partial charge on any atom is -0.493 e. The van der Waals surface area contributed by atoms with E-state index in [4.69, 9.17) is 0 Å². The maximum atomic E-state index is 4.22. The topological polar surface area (TPSA) is 19.4 Å². The molecular weight excluding hydrogens is 763 g/mol. The van der Waals surface area contributed by atoms with Crippen molar-refractivity contribution < 1.29 is 20.1 Å². The molecule has 1 aliphatic carbocycles. The van der Waals surface area contributed by atoms with Gasteiger partial charge in [-0.3, -0.25) is 0 Å². The summed E-state index contributed by atoms with van der Waals surface area (Å²) in [6.07, 6.45) is 4.21. The van der Waals surface area contributed by atoms with Gasteiger partial charge in [0.25, 0.3) is 0 Å². The molecule has 48 heavy (non-hydrogen) atoms. The number of rotatable bonds is 3. The first-order valence-electron chi connectivity index (χ1n) is 17.1. The minimum absolute atomic E-state index is 0. The van der Waals surface area contributed by atoms with Crippen LogP contribution in [0.4, 0.5) is 22.7 Å². The zero-order valence-corrected chi connectivity index (χ0v) is 31.9. The van der Waals surface area contributed by atoms with Gasteiger partial charge in [0.1, 0.15) is 0 Å². The van der Waals surface area contributed by atoms with Crippen molar-refractivity contribution in [3.05, 3.63) is 144 Å². The number of nitrogens with zero attached hydrogens (tertiary/aromatic N) is 3. The van der Waals surface area contributed by atoms with Gasteiger partial charge in [0, 0.05) is 23.3 Å². The molecule has 0 saturated carbocycles. The predicted molar refractivity (Wildman–Crippen MR) is 197 cm³/mol. The van der Waals surface area contributed by atoms with Crippen molar-refractivity contribution in [2.24, 2.45) is 0 Å². The molecule has 0 bridgehead atoms. The molecule has 4 heteroatoms. The Kier molecular flexibility index (Phi) is 8.98. The molecule has 5 aromatic rings. The first-order valence-corrected chi connectivity index (χ1v) is 17.1. The Labute approximate surface area is 301 Å². The smallest absolute Gasteiger partial charge is 0.493 e. The minimum atomic E-state index is -0.0915. The van der Waals surface area contributed by atoms with Crippen molar-refractivity contribution in [2.75, 3.05) is 9.80 Å². The number of hydrogen-bond acceptors (Lipinski definition) is 3. The van der Waals surface area contributed by atoms with Gasteiger partial charge in [-0.2, -0.15) is 17.7 Å². The molecule has 3 aliphatic rings. The zero-order chi connectivity index (χ0) is 33.1. The number of benzene rings is 4. The second-order valence-corrected chi connectivity index (χ2v) is 15.5. The Balaban J connectivity index is 0.000000260. The molecule has 0 amide bonds. The second kappa shape index (κ2) is 12.6. The maximum absolute atomic E-state index is 4.22. The van der Waals surface area contributed by atoms with Crippen LogP contribution in [0.15, 0.2) is 97.2 Å². The van der Waals surface area contributed by atoms with Crippen LogP contribution in [0, 0.1) is 18.8 Å². The molecule has 0 radical (unpaired) electrons. The summed E-state index contributed by atoms with van der Waals surface area (Å²) in [6, 6.07) is 39.2. The molecule has 0 saturated heterocycles. The largest absolute Gasteiger partial charge is 3.00 e. The van der Waals surface area contributed by atoms with Gasteiger partial charge in [-0.15, -0.1) is 53.7 Å². The van der Waals surface area contributed by atoms with E-state index in [1.807, 2.05) is 42.5 Å². The van der Waals surface area contributed by atoms with Gasteiger partial charge in [-0.05, 0) is 64.3 Å². The fraction of sp³-hybridized carbons (Fsp3) is 0.318. The van der Waals surface area contributed by atoms with Crippen LogP contribution >= 0.6 is 0 Å². The number of anilines is 4. The van der Waals surface area contributed by atoms with E-state index in [9.17, 15) is 0 Å². The molecule has 3 heterocycles. The molecule has 8 rings (SSSR count). The van der Waals surface area contributed by atoms with E-state index in [0.29, 0.717) is 5.92 Å². The van der Waals surface area contributed by atoms with Crippen LogP contribution in [0.5, 0.6) is 0 Å². The fourth-order valence-corrected chi connectivity index (χ4v) is 7.49. The van der Waals surface area contributed by atoms with Crippen molar-refractivity contribution in [3.63, 3.8) is 0 Å². The van der Waals surface area contributed by atoms with Gasteiger partial charge in [0.05, 0.1) is 0 Å².